The van der Waals surface area contributed by atoms with Gasteiger partial charge in [-0.15, -0.1) is 0 Å². The van der Waals surface area contributed by atoms with Crippen LogP contribution in [0.5, 0.6) is 0 Å². The van der Waals surface area contributed by atoms with Crippen molar-refractivity contribution in [2.45, 2.75) is 19.8 Å². The molecule has 134 valence electrons. The van der Waals surface area contributed by atoms with Crippen LogP contribution in [0.25, 0.3) is 0 Å². The van der Waals surface area contributed by atoms with Crippen molar-refractivity contribution in [3.63, 3.8) is 0 Å². The Kier molecular flexibility index (Phi) is 14.6. The number of ether oxygens (including phenoxy) is 4. The van der Waals surface area contributed by atoms with E-state index in [4.69, 9.17) is 18.9 Å². The van der Waals surface area contributed by atoms with E-state index in [2.05, 4.69) is 6.92 Å². The molecule has 0 heterocycles. The quantitative estimate of drug-likeness (QED) is 0.337. The van der Waals surface area contributed by atoms with E-state index >= 15 is 0 Å². The largest absolute Gasteiger partial charge is 0.379 e. The monoisotopic (exact) mass is 341 g/mol. The summed E-state index contributed by atoms with van der Waals surface area (Å²) in [6.07, 6.45) is 1.69. The molecule has 0 aromatic carbocycles. The highest BCUT2D eigenvalue weighted by atomic mass is 31.2. The maximum absolute atomic E-state index is 11.7. The Morgan fingerprint density at radius 3 is 1.86 bits per heavy atom. The molecule has 0 radical (unpaired) electrons. The molecule has 0 aliphatic heterocycles. The normalized spacial score (nSPS) is 14.4. The summed E-state index contributed by atoms with van der Waals surface area (Å²) in [6, 6.07) is 0. The van der Waals surface area contributed by atoms with Crippen molar-refractivity contribution in [2.75, 3.05) is 73.0 Å². The Hall–Kier alpha value is -0.0100. The lowest BCUT2D eigenvalue weighted by molar-refractivity contribution is 0.0487. The summed E-state index contributed by atoms with van der Waals surface area (Å²) in [5.74, 6) is 0. The fraction of sp³-hybridized carbons (Fsp3) is 1.00. The molecule has 0 aliphatic rings. The SMILES string of the molecule is CCCCOCCOCP(=O)(O)COCCOCCN(C)C. The van der Waals surface area contributed by atoms with Crippen molar-refractivity contribution >= 4 is 7.37 Å². The van der Waals surface area contributed by atoms with Gasteiger partial charge in [0.2, 0.25) is 7.37 Å². The van der Waals surface area contributed by atoms with Crippen LogP contribution in [0, 0.1) is 0 Å². The summed E-state index contributed by atoms with van der Waals surface area (Å²) in [6.45, 7) is 5.74. The van der Waals surface area contributed by atoms with Crippen molar-refractivity contribution in [1.29, 1.82) is 0 Å². The van der Waals surface area contributed by atoms with E-state index in [1.807, 2.05) is 19.0 Å². The summed E-state index contributed by atoms with van der Waals surface area (Å²) >= 11 is 0. The van der Waals surface area contributed by atoms with Crippen molar-refractivity contribution in [3.05, 3.63) is 0 Å². The van der Waals surface area contributed by atoms with Gasteiger partial charge < -0.3 is 28.7 Å². The van der Waals surface area contributed by atoms with Gasteiger partial charge >= 0.3 is 0 Å². The lowest BCUT2D eigenvalue weighted by Crippen LogP contribution is -2.19. The highest BCUT2D eigenvalue weighted by Crippen LogP contribution is 2.39. The van der Waals surface area contributed by atoms with Crippen LogP contribution in [0.4, 0.5) is 0 Å². The first-order chi connectivity index (χ1) is 10.5. The lowest BCUT2D eigenvalue weighted by Gasteiger charge is -2.13. The summed E-state index contributed by atoms with van der Waals surface area (Å²) in [4.78, 5) is 11.7. The zero-order valence-electron chi connectivity index (χ0n) is 14.2. The zero-order chi connectivity index (χ0) is 16.7. The first-order valence-electron chi connectivity index (χ1n) is 7.74. The van der Waals surface area contributed by atoms with Gasteiger partial charge in [0.1, 0.15) is 12.7 Å². The number of unbranched alkanes of at least 4 members (excludes halogenated alkanes) is 1. The zero-order valence-corrected chi connectivity index (χ0v) is 15.1. The molecule has 0 amide bonds. The van der Waals surface area contributed by atoms with Gasteiger partial charge in [0.05, 0.1) is 33.0 Å². The molecule has 0 rings (SSSR count). The predicted octanol–water partition coefficient (Wildman–Crippen LogP) is 1.60. The predicted molar refractivity (Wildman–Crippen MR) is 86.6 cm³/mol. The van der Waals surface area contributed by atoms with E-state index in [0.717, 1.165) is 19.4 Å². The number of likely N-dealkylation sites (N-methyl/N-ethyl adjacent to an activating group) is 1. The molecule has 1 N–H and O–H groups in total. The van der Waals surface area contributed by atoms with E-state index in [1.54, 1.807) is 0 Å². The number of rotatable bonds is 16. The fourth-order valence-electron chi connectivity index (χ4n) is 1.39. The Morgan fingerprint density at radius 1 is 0.864 bits per heavy atom. The molecule has 0 saturated heterocycles. The van der Waals surface area contributed by atoms with Gasteiger partial charge in [0.15, 0.2) is 0 Å². The molecule has 0 aromatic rings. The van der Waals surface area contributed by atoms with Crippen LogP contribution in [0.2, 0.25) is 0 Å². The molecule has 0 fully saturated rings. The summed E-state index contributed by atoms with van der Waals surface area (Å²) in [5, 5.41) is 0. The molecule has 0 bridgehead atoms. The van der Waals surface area contributed by atoms with E-state index in [-0.39, 0.29) is 12.7 Å². The Labute approximate surface area is 134 Å². The maximum Gasteiger partial charge on any atom is 0.250 e. The third-order valence-corrected chi connectivity index (χ3v) is 3.83. The van der Waals surface area contributed by atoms with Gasteiger partial charge in [-0.2, -0.15) is 0 Å². The van der Waals surface area contributed by atoms with Crippen molar-refractivity contribution < 1.29 is 28.4 Å². The number of hydrogen-bond donors (Lipinski definition) is 1. The van der Waals surface area contributed by atoms with Gasteiger partial charge in [-0.1, -0.05) is 13.3 Å². The van der Waals surface area contributed by atoms with Gasteiger partial charge in [0.25, 0.3) is 0 Å². The molecule has 7 nitrogen and oxygen atoms in total. The molecule has 8 heteroatoms. The molecule has 0 aliphatic carbocycles. The highest BCUT2D eigenvalue weighted by molar-refractivity contribution is 7.57. The third kappa shape index (κ3) is 16.4. The second-order valence-electron chi connectivity index (χ2n) is 5.30. The molecule has 0 saturated carbocycles. The van der Waals surface area contributed by atoms with E-state index in [9.17, 15) is 9.46 Å². The van der Waals surface area contributed by atoms with Crippen LogP contribution < -0.4 is 0 Å². The molecule has 1 unspecified atom stereocenters. The summed E-state index contributed by atoms with van der Waals surface area (Å²) in [7, 11) is 0.549. The Morgan fingerprint density at radius 2 is 1.36 bits per heavy atom. The van der Waals surface area contributed by atoms with E-state index in [1.165, 1.54) is 0 Å². The lowest BCUT2D eigenvalue weighted by atomic mass is 10.4. The minimum atomic E-state index is -3.39. The van der Waals surface area contributed by atoms with Gasteiger partial charge in [-0.05, 0) is 20.5 Å². The second-order valence-corrected chi connectivity index (χ2v) is 7.51. The summed E-state index contributed by atoms with van der Waals surface area (Å²) < 4.78 is 32.7. The van der Waals surface area contributed by atoms with Gasteiger partial charge in [-0.3, -0.25) is 4.57 Å². The average Bonchev–Trinajstić information content (AvgIpc) is 2.45. The second kappa shape index (κ2) is 14.6. The minimum Gasteiger partial charge on any atom is -0.379 e. The number of hydrogen-bond acceptors (Lipinski definition) is 6. The summed E-state index contributed by atoms with van der Waals surface area (Å²) in [5.41, 5.74) is 0. The minimum absolute atomic E-state index is 0.203. The molecule has 22 heavy (non-hydrogen) atoms. The standard InChI is InChI=1S/C14H32NO6P/c1-4-5-7-18-9-11-20-13-22(16,17)14-21-12-10-19-8-6-15(2)3/h4-14H2,1-3H3,(H,16,17). The smallest absolute Gasteiger partial charge is 0.250 e. The maximum atomic E-state index is 11.7. The van der Waals surface area contributed by atoms with Crippen LogP contribution in [0.15, 0.2) is 0 Å². The Bertz CT molecular complexity index is 291. The van der Waals surface area contributed by atoms with E-state index < -0.39 is 7.37 Å². The molecule has 0 aromatic heterocycles. The van der Waals surface area contributed by atoms with Crippen LogP contribution >= 0.6 is 7.37 Å². The third-order valence-electron chi connectivity index (χ3n) is 2.66. The highest BCUT2D eigenvalue weighted by Gasteiger charge is 2.18. The molecule has 0 spiro atoms. The van der Waals surface area contributed by atoms with E-state index in [0.29, 0.717) is 39.6 Å². The first-order valence-corrected chi connectivity index (χ1v) is 9.77. The van der Waals surface area contributed by atoms with Crippen molar-refractivity contribution in [1.82, 2.24) is 4.90 Å². The fourth-order valence-corrected chi connectivity index (χ4v) is 2.29. The Balaban J connectivity index is 3.40. The molecular formula is C14H32NO6P. The van der Waals surface area contributed by atoms with Crippen LogP contribution in [0.1, 0.15) is 19.8 Å². The first kappa shape index (κ1) is 22.0. The van der Waals surface area contributed by atoms with Crippen LogP contribution in [-0.4, -0.2) is 82.8 Å². The van der Waals surface area contributed by atoms with Crippen molar-refractivity contribution in [2.24, 2.45) is 0 Å². The van der Waals surface area contributed by atoms with Gasteiger partial charge in [0, 0.05) is 13.2 Å². The molecular weight excluding hydrogens is 309 g/mol. The average molecular weight is 341 g/mol. The van der Waals surface area contributed by atoms with Crippen LogP contribution in [-0.2, 0) is 23.5 Å². The topological polar surface area (TPSA) is 77.5 Å². The van der Waals surface area contributed by atoms with Crippen LogP contribution in [0.3, 0.4) is 0 Å². The van der Waals surface area contributed by atoms with Gasteiger partial charge in [-0.25, -0.2) is 0 Å². The van der Waals surface area contributed by atoms with Crippen molar-refractivity contribution in [3.8, 4) is 0 Å². The number of nitrogens with zero attached hydrogens (tertiary/aromatic N) is 1. The molecule has 1 atom stereocenters.